The van der Waals surface area contributed by atoms with Gasteiger partial charge in [0.2, 0.25) is 0 Å². The molecule has 0 aromatic heterocycles. The molecule has 0 radical (unpaired) electrons. The van der Waals surface area contributed by atoms with Gasteiger partial charge < -0.3 is 20.5 Å². The number of rotatable bonds is 11. The van der Waals surface area contributed by atoms with Gasteiger partial charge in [-0.25, -0.2) is 4.79 Å². The molecule has 5 heteroatoms. The third-order valence-corrected chi connectivity index (χ3v) is 3.34. The van der Waals surface area contributed by atoms with Gasteiger partial charge in [0.05, 0.1) is 0 Å². The Bertz CT molecular complexity index is 398. The fraction of sp³-hybridized carbons (Fsp3) is 0.588. The van der Waals surface area contributed by atoms with Gasteiger partial charge in [0.1, 0.15) is 6.61 Å². The zero-order valence-corrected chi connectivity index (χ0v) is 13.4. The Kier molecular flexibility index (Phi) is 10.1. The van der Waals surface area contributed by atoms with Gasteiger partial charge in [0.25, 0.3) is 0 Å². The molecule has 3 N–H and O–H groups in total. The van der Waals surface area contributed by atoms with Crippen LogP contribution in [0.5, 0.6) is 0 Å². The summed E-state index contributed by atoms with van der Waals surface area (Å²) in [4.78, 5) is 11.9. The fourth-order valence-electron chi connectivity index (χ4n) is 2.09. The van der Waals surface area contributed by atoms with E-state index in [1.807, 2.05) is 30.3 Å². The van der Waals surface area contributed by atoms with Crippen molar-refractivity contribution in [3.05, 3.63) is 35.9 Å². The second kappa shape index (κ2) is 12.0. The lowest BCUT2D eigenvalue weighted by Gasteiger charge is -2.19. The summed E-state index contributed by atoms with van der Waals surface area (Å²) in [5.74, 6) is 0. The van der Waals surface area contributed by atoms with E-state index in [0.717, 1.165) is 37.8 Å². The Hall–Kier alpha value is -1.59. The molecule has 0 bridgehead atoms. The Balaban J connectivity index is 2.30. The molecule has 0 spiro atoms. The van der Waals surface area contributed by atoms with Crippen molar-refractivity contribution in [3.63, 3.8) is 0 Å². The molecule has 5 nitrogen and oxygen atoms in total. The van der Waals surface area contributed by atoms with Crippen LogP contribution in [-0.2, 0) is 11.3 Å². The van der Waals surface area contributed by atoms with E-state index in [2.05, 4.69) is 17.6 Å². The molecule has 1 atom stereocenters. The van der Waals surface area contributed by atoms with Crippen molar-refractivity contribution in [3.8, 4) is 0 Å². The minimum Gasteiger partial charge on any atom is -0.445 e. The summed E-state index contributed by atoms with van der Waals surface area (Å²) in [7, 11) is 0. The maximum atomic E-state index is 11.9. The van der Waals surface area contributed by atoms with Crippen LogP contribution in [-0.4, -0.2) is 36.9 Å². The molecule has 0 saturated carbocycles. The molecule has 1 aromatic rings. The minimum atomic E-state index is -0.381. The maximum Gasteiger partial charge on any atom is 0.407 e. The highest BCUT2D eigenvalue weighted by Crippen LogP contribution is 2.03. The fourth-order valence-corrected chi connectivity index (χ4v) is 2.09. The number of hydrogen-bond acceptors (Lipinski definition) is 4. The van der Waals surface area contributed by atoms with Crippen molar-refractivity contribution in [2.45, 2.75) is 45.3 Å². The molecule has 0 fully saturated rings. The zero-order chi connectivity index (χ0) is 16.0. The maximum absolute atomic E-state index is 11.9. The topological polar surface area (TPSA) is 70.6 Å². The number of aliphatic hydroxyl groups excluding tert-OH is 1. The number of alkyl carbamates (subject to hydrolysis) is 1. The quantitative estimate of drug-likeness (QED) is 0.549. The van der Waals surface area contributed by atoms with Gasteiger partial charge in [-0.1, -0.05) is 50.1 Å². The first kappa shape index (κ1) is 18.5. The first-order chi connectivity index (χ1) is 10.8. The molecule has 0 aliphatic rings. The van der Waals surface area contributed by atoms with Gasteiger partial charge in [-0.3, -0.25) is 0 Å². The third-order valence-electron chi connectivity index (χ3n) is 3.34. The summed E-state index contributed by atoms with van der Waals surface area (Å²) in [6.45, 7) is 4.04. The smallest absolute Gasteiger partial charge is 0.407 e. The molecule has 124 valence electrons. The molecule has 0 aliphatic heterocycles. The first-order valence-electron chi connectivity index (χ1n) is 8.05. The lowest BCUT2D eigenvalue weighted by atomic mass is 10.1. The SMILES string of the molecule is CCCCC(CNCCCO)NC(=O)OCc1ccccc1. The summed E-state index contributed by atoms with van der Waals surface area (Å²) in [5.41, 5.74) is 0.976. The number of nitrogens with one attached hydrogen (secondary N) is 2. The molecule has 22 heavy (non-hydrogen) atoms. The zero-order valence-electron chi connectivity index (χ0n) is 13.4. The van der Waals surface area contributed by atoms with E-state index in [1.165, 1.54) is 0 Å². The number of ether oxygens (including phenoxy) is 1. The lowest BCUT2D eigenvalue weighted by Crippen LogP contribution is -2.42. The Labute approximate surface area is 133 Å². The van der Waals surface area contributed by atoms with E-state index in [9.17, 15) is 4.79 Å². The molecule has 1 aromatic carbocycles. The summed E-state index contributed by atoms with van der Waals surface area (Å²) < 4.78 is 5.25. The molecular formula is C17H28N2O3. The van der Waals surface area contributed by atoms with Gasteiger partial charge in [0, 0.05) is 19.2 Å². The van der Waals surface area contributed by atoms with E-state index in [0.29, 0.717) is 6.54 Å². The van der Waals surface area contributed by atoms with E-state index in [1.54, 1.807) is 0 Å². The Morgan fingerprint density at radius 1 is 1.27 bits per heavy atom. The Morgan fingerprint density at radius 2 is 2.05 bits per heavy atom. The number of aliphatic hydroxyl groups is 1. The minimum absolute atomic E-state index is 0.0573. The highest BCUT2D eigenvalue weighted by molar-refractivity contribution is 5.67. The molecule has 0 aliphatic carbocycles. The summed E-state index contributed by atoms with van der Waals surface area (Å²) in [5, 5.41) is 14.9. The van der Waals surface area contributed by atoms with Crippen molar-refractivity contribution in [1.82, 2.24) is 10.6 Å². The number of amides is 1. The van der Waals surface area contributed by atoms with Crippen molar-refractivity contribution in [2.24, 2.45) is 0 Å². The second-order valence-corrected chi connectivity index (χ2v) is 5.33. The van der Waals surface area contributed by atoms with Crippen LogP contribution in [0.3, 0.4) is 0 Å². The van der Waals surface area contributed by atoms with Crippen molar-refractivity contribution < 1.29 is 14.6 Å². The third kappa shape index (κ3) is 8.64. The number of carbonyl (C=O) groups is 1. The largest absolute Gasteiger partial charge is 0.445 e. The average Bonchev–Trinajstić information content (AvgIpc) is 2.55. The van der Waals surface area contributed by atoms with Crippen LogP contribution in [0.25, 0.3) is 0 Å². The second-order valence-electron chi connectivity index (χ2n) is 5.33. The van der Waals surface area contributed by atoms with E-state index in [4.69, 9.17) is 9.84 Å². The number of benzene rings is 1. The highest BCUT2D eigenvalue weighted by Gasteiger charge is 2.12. The van der Waals surface area contributed by atoms with Crippen LogP contribution in [0.15, 0.2) is 30.3 Å². The van der Waals surface area contributed by atoms with E-state index < -0.39 is 0 Å². The molecular weight excluding hydrogens is 280 g/mol. The monoisotopic (exact) mass is 308 g/mol. The highest BCUT2D eigenvalue weighted by atomic mass is 16.5. The standard InChI is InChI=1S/C17H28N2O3/c1-2-3-10-16(13-18-11-7-12-20)19-17(21)22-14-15-8-5-4-6-9-15/h4-6,8-9,16,18,20H,2-3,7,10-14H2,1H3,(H,19,21). The molecule has 1 amide bonds. The van der Waals surface area contributed by atoms with Crippen LogP contribution in [0.2, 0.25) is 0 Å². The van der Waals surface area contributed by atoms with Crippen LogP contribution in [0, 0.1) is 0 Å². The van der Waals surface area contributed by atoms with Gasteiger partial charge in [-0.15, -0.1) is 0 Å². The van der Waals surface area contributed by atoms with Crippen LogP contribution < -0.4 is 10.6 Å². The van der Waals surface area contributed by atoms with Crippen LogP contribution in [0.1, 0.15) is 38.2 Å². The summed E-state index contributed by atoms with van der Waals surface area (Å²) >= 11 is 0. The molecule has 1 unspecified atom stereocenters. The average molecular weight is 308 g/mol. The van der Waals surface area contributed by atoms with Gasteiger partial charge in [-0.05, 0) is 24.9 Å². The molecule has 0 heterocycles. The summed E-state index contributed by atoms with van der Waals surface area (Å²) in [6.07, 6.45) is 3.41. The predicted octanol–water partition coefficient (Wildman–Crippen LogP) is 2.44. The van der Waals surface area contributed by atoms with Crippen LogP contribution in [0.4, 0.5) is 4.79 Å². The lowest BCUT2D eigenvalue weighted by molar-refractivity contribution is 0.134. The first-order valence-corrected chi connectivity index (χ1v) is 8.05. The predicted molar refractivity (Wildman–Crippen MR) is 87.6 cm³/mol. The molecule has 1 rings (SSSR count). The number of hydrogen-bond donors (Lipinski definition) is 3. The van der Waals surface area contributed by atoms with Crippen molar-refractivity contribution >= 4 is 6.09 Å². The summed E-state index contributed by atoms with van der Waals surface area (Å²) in [6, 6.07) is 9.69. The van der Waals surface area contributed by atoms with Gasteiger partial charge in [-0.2, -0.15) is 0 Å². The Morgan fingerprint density at radius 3 is 2.73 bits per heavy atom. The van der Waals surface area contributed by atoms with Gasteiger partial charge >= 0.3 is 6.09 Å². The normalized spacial score (nSPS) is 11.9. The van der Waals surface area contributed by atoms with Crippen LogP contribution >= 0.6 is 0 Å². The van der Waals surface area contributed by atoms with Crippen molar-refractivity contribution in [2.75, 3.05) is 19.7 Å². The van der Waals surface area contributed by atoms with Gasteiger partial charge in [0.15, 0.2) is 0 Å². The van der Waals surface area contributed by atoms with E-state index in [-0.39, 0.29) is 25.3 Å². The van der Waals surface area contributed by atoms with Crippen molar-refractivity contribution in [1.29, 1.82) is 0 Å². The molecule has 0 saturated heterocycles. The number of carbonyl (C=O) groups excluding carboxylic acids is 1. The van der Waals surface area contributed by atoms with E-state index >= 15 is 0 Å². The number of unbranched alkanes of at least 4 members (excludes halogenated alkanes) is 1.